The highest BCUT2D eigenvalue weighted by atomic mass is 32.2. The molecule has 1 aromatic carbocycles. The summed E-state index contributed by atoms with van der Waals surface area (Å²) in [6.45, 7) is 3.70. The van der Waals surface area contributed by atoms with Crippen molar-refractivity contribution in [3.05, 3.63) is 51.7 Å². The van der Waals surface area contributed by atoms with Gasteiger partial charge >= 0.3 is 0 Å². The summed E-state index contributed by atoms with van der Waals surface area (Å²) in [6.07, 6.45) is 0.887. The number of hydrogen-bond donors (Lipinski definition) is 1. The lowest BCUT2D eigenvalue weighted by atomic mass is 10.2. The molecular weight excluding hydrogens is 372 g/mol. The summed E-state index contributed by atoms with van der Waals surface area (Å²) in [5.74, 6) is -0.187. The SMILES string of the molecule is CCc1ccc(C(=O)NCc2ccccc2S(=O)(=O)N2CCOCC2)s1. The second-order valence-electron chi connectivity index (χ2n) is 5.93. The van der Waals surface area contributed by atoms with E-state index in [0.717, 1.165) is 11.3 Å². The number of rotatable bonds is 6. The molecule has 1 aliphatic rings. The topological polar surface area (TPSA) is 75.7 Å². The summed E-state index contributed by atoms with van der Waals surface area (Å²) in [4.78, 5) is 14.3. The first kappa shape index (κ1) is 19.0. The number of sulfonamides is 1. The largest absolute Gasteiger partial charge is 0.379 e. The lowest BCUT2D eigenvalue weighted by Gasteiger charge is -2.27. The molecule has 0 unspecified atom stereocenters. The first-order valence-electron chi connectivity index (χ1n) is 8.55. The van der Waals surface area contributed by atoms with Crippen molar-refractivity contribution >= 4 is 27.3 Å². The highest BCUT2D eigenvalue weighted by molar-refractivity contribution is 7.89. The Morgan fingerprint density at radius 3 is 2.62 bits per heavy atom. The van der Waals surface area contributed by atoms with Gasteiger partial charge in [0, 0.05) is 24.5 Å². The van der Waals surface area contributed by atoms with Crippen LogP contribution in [0.25, 0.3) is 0 Å². The molecule has 8 heteroatoms. The van der Waals surface area contributed by atoms with Crippen molar-refractivity contribution in [1.29, 1.82) is 0 Å². The van der Waals surface area contributed by atoms with Crippen LogP contribution in [0.2, 0.25) is 0 Å². The summed E-state index contributed by atoms with van der Waals surface area (Å²) in [7, 11) is -3.60. The molecule has 26 heavy (non-hydrogen) atoms. The van der Waals surface area contributed by atoms with Crippen LogP contribution in [0.1, 0.15) is 27.0 Å². The van der Waals surface area contributed by atoms with Crippen molar-refractivity contribution in [2.45, 2.75) is 24.8 Å². The molecule has 2 aromatic rings. The van der Waals surface area contributed by atoms with Crippen LogP contribution in [0.15, 0.2) is 41.3 Å². The van der Waals surface area contributed by atoms with E-state index >= 15 is 0 Å². The van der Waals surface area contributed by atoms with E-state index in [1.54, 1.807) is 30.3 Å². The van der Waals surface area contributed by atoms with Crippen LogP contribution >= 0.6 is 11.3 Å². The smallest absolute Gasteiger partial charge is 0.261 e. The summed E-state index contributed by atoms with van der Waals surface area (Å²) in [5, 5.41) is 2.83. The Kier molecular flexibility index (Phi) is 6.08. The highest BCUT2D eigenvalue weighted by Gasteiger charge is 2.28. The molecule has 140 valence electrons. The van der Waals surface area contributed by atoms with Crippen molar-refractivity contribution in [1.82, 2.24) is 9.62 Å². The second kappa shape index (κ2) is 8.30. The molecule has 1 aliphatic heterocycles. The Balaban J connectivity index is 1.75. The van der Waals surface area contributed by atoms with E-state index in [9.17, 15) is 13.2 Å². The molecule has 0 aliphatic carbocycles. The van der Waals surface area contributed by atoms with Gasteiger partial charge < -0.3 is 10.1 Å². The van der Waals surface area contributed by atoms with Gasteiger partial charge in [-0.05, 0) is 30.2 Å². The van der Waals surface area contributed by atoms with E-state index in [1.807, 2.05) is 13.0 Å². The quantitative estimate of drug-likeness (QED) is 0.815. The van der Waals surface area contributed by atoms with Gasteiger partial charge in [-0.2, -0.15) is 4.31 Å². The first-order chi connectivity index (χ1) is 12.5. The molecule has 0 saturated carbocycles. The fraction of sp³-hybridized carbons (Fsp3) is 0.389. The van der Waals surface area contributed by atoms with Gasteiger partial charge in [-0.3, -0.25) is 4.79 Å². The summed E-state index contributed by atoms with van der Waals surface area (Å²) >= 11 is 1.46. The fourth-order valence-corrected chi connectivity index (χ4v) is 5.27. The molecule has 1 fully saturated rings. The van der Waals surface area contributed by atoms with Crippen molar-refractivity contribution in [2.24, 2.45) is 0 Å². The van der Waals surface area contributed by atoms with Gasteiger partial charge in [-0.15, -0.1) is 11.3 Å². The molecular formula is C18H22N2O4S2. The molecule has 0 radical (unpaired) electrons. The number of ether oxygens (including phenoxy) is 1. The Bertz CT molecular complexity index is 871. The Morgan fingerprint density at radius 1 is 1.19 bits per heavy atom. The van der Waals surface area contributed by atoms with Crippen molar-refractivity contribution in [2.75, 3.05) is 26.3 Å². The van der Waals surface area contributed by atoms with Gasteiger partial charge in [0.1, 0.15) is 0 Å². The fourth-order valence-electron chi connectivity index (χ4n) is 2.78. The Labute approximate surface area is 157 Å². The van der Waals surface area contributed by atoms with Crippen LogP contribution in [0, 0.1) is 0 Å². The second-order valence-corrected chi connectivity index (χ2v) is 9.00. The van der Waals surface area contributed by atoms with E-state index in [2.05, 4.69) is 5.32 Å². The predicted octanol–water partition coefficient (Wildman–Crippen LogP) is 2.26. The van der Waals surface area contributed by atoms with Crippen LogP contribution < -0.4 is 5.32 Å². The number of nitrogens with zero attached hydrogens (tertiary/aromatic N) is 1. The maximum absolute atomic E-state index is 12.9. The average Bonchev–Trinajstić information content (AvgIpc) is 3.16. The number of aryl methyl sites for hydroxylation is 1. The van der Waals surface area contributed by atoms with Gasteiger partial charge in [0.2, 0.25) is 10.0 Å². The van der Waals surface area contributed by atoms with Crippen molar-refractivity contribution in [3.63, 3.8) is 0 Å². The monoisotopic (exact) mass is 394 g/mol. The third-order valence-corrected chi connectivity index (χ3v) is 7.46. The number of hydrogen-bond acceptors (Lipinski definition) is 5. The normalized spacial score (nSPS) is 15.7. The van der Waals surface area contributed by atoms with Crippen LogP contribution in [0.3, 0.4) is 0 Å². The Morgan fingerprint density at radius 2 is 1.92 bits per heavy atom. The Hall–Kier alpha value is -1.74. The van der Waals surface area contributed by atoms with E-state index in [1.165, 1.54) is 15.6 Å². The summed E-state index contributed by atoms with van der Waals surface area (Å²) < 4.78 is 32.5. The van der Waals surface area contributed by atoms with Crippen LogP contribution in [0.5, 0.6) is 0 Å². The number of benzene rings is 1. The van der Waals surface area contributed by atoms with Gasteiger partial charge in [0.15, 0.2) is 0 Å². The number of carbonyl (C=O) groups excluding carboxylic acids is 1. The minimum Gasteiger partial charge on any atom is -0.379 e. The van der Waals surface area contributed by atoms with Crippen LogP contribution in [0.4, 0.5) is 0 Å². The molecule has 3 rings (SSSR count). The minimum atomic E-state index is -3.60. The van der Waals surface area contributed by atoms with Crippen LogP contribution in [-0.2, 0) is 27.7 Å². The maximum Gasteiger partial charge on any atom is 0.261 e. The number of amides is 1. The zero-order chi connectivity index (χ0) is 18.6. The number of thiophene rings is 1. The zero-order valence-corrected chi connectivity index (χ0v) is 16.2. The van der Waals surface area contributed by atoms with Gasteiger partial charge in [-0.25, -0.2) is 8.42 Å². The molecule has 2 heterocycles. The highest BCUT2D eigenvalue weighted by Crippen LogP contribution is 2.22. The van der Waals surface area contributed by atoms with Gasteiger partial charge in [0.25, 0.3) is 5.91 Å². The molecule has 6 nitrogen and oxygen atoms in total. The predicted molar refractivity (Wildman–Crippen MR) is 101 cm³/mol. The molecule has 1 aromatic heterocycles. The molecule has 0 bridgehead atoms. The third kappa shape index (κ3) is 4.15. The van der Waals surface area contributed by atoms with Gasteiger partial charge in [-0.1, -0.05) is 25.1 Å². The lowest BCUT2D eigenvalue weighted by Crippen LogP contribution is -2.41. The van der Waals surface area contributed by atoms with E-state index in [-0.39, 0.29) is 17.3 Å². The molecule has 1 saturated heterocycles. The molecule has 1 amide bonds. The molecule has 0 atom stereocenters. The van der Waals surface area contributed by atoms with E-state index in [0.29, 0.717) is 36.7 Å². The standard InChI is InChI=1S/C18H22N2O4S2/c1-2-15-7-8-16(25-15)18(21)19-13-14-5-3-4-6-17(14)26(22,23)20-9-11-24-12-10-20/h3-8H,2,9-13H2,1H3,(H,19,21). The molecule has 0 spiro atoms. The third-order valence-electron chi connectivity index (χ3n) is 4.23. The average molecular weight is 395 g/mol. The van der Waals surface area contributed by atoms with Gasteiger partial charge in [0.05, 0.1) is 23.0 Å². The molecule has 1 N–H and O–H groups in total. The van der Waals surface area contributed by atoms with E-state index < -0.39 is 10.0 Å². The number of carbonyl (C=O) groups is 1. The summed E-state index contributed by atoms with van der Waals surface area (Å²) in [6, 6.07) is 10.5. The first-order valence-corrected chi connectivity index (χ1v) is 10.8. The number of morpholine rings is 1. The minimum absolute atomic E-state index is 0.165. The maximum atomic E-state index is 12.9. The summed E-state index contributed by atoms with van der Waals surface area (Å²) in [5.41, 5.74) is 0.583. The zero-order valence-electron chi connectivity index (χ0n) is 14.6. The van der Waals surface area contributed by atoms with E-state index in [4.69, 9.17) is 4.74 Å². The van der Waals surface area contributed by atoms with Crippen LogP contribution in [-0.4, -0.2) is 44.9 Å². The van der Waals surface area contributed by atoms with Crippen molar-refractivity contribution in [3.8, 4) is 0 Å². The lowest BCUT2D eigenvalue weighted by molar-refractivity contribution is 0.0730. The van der Waals surface area contributed by atoms with Crippen molar-refractivity contribution < 1.29 is 17.9 Å². The number of nitrogens with one attached hydrogen (secondary N) is 1.